The van der Waals surface area contributed by atoms with Crippen molar-refractivity contribution in [3.05, 3.63) is 28.8 Å². The highest BCUT2D eigenvalue weighted by molar-refractivity contribution is 6.34. The van der Waals surface area contributed by atoms with Crippen LogP contribution in [0.5, 0.6) is 0 Å². The predicted octanol–water partition coefficient (Wildman–Crippen LogP) is 2.63. The molecule has 1 aliphatic heterocycles. The second-order valence-electron chi connectivity index (χ2n) is 4.91. The molecule has 0 amide bonds. The van der Waals surface area contributed by atoms with Crippen LogP contribution in [0.25, 0.3) is 0 Å². The van der Waals surface area contributed by atoms with Crippen LogP contribution in [0.15, 0.2) is 18.2 Å². The molecule has 0 saturated carbocycles. The van der Waals surface area contributed by atoms with Crippen LogP contribution in [-0.2, 0) is 4.74 Å². The molecule has 2 atom stereocenters. The Morgan fingerprint density at radius 1 is 1.58 bits per heavy atom. The Balaban J connectivity index is 2.44. The fraction of sp³-hybridized carbons (Fsp3) is 0.500. The number of benzene rings is 1. The first-order chi connectivity index (χ1) is 9.04. The summed E-state index contributed by atoms with van der Waals surface area (Å²) in [6.07, 6.45) is 1.15. The third kappa shape index (κ3) is 2.85. The molecule has 1 fully saturated rings. The molecule has 3 N–H and O–H groups in total. The van der Waals surface area contributed by atoms with Crippen LogP contribution in [0, 0.1) is 5.41 Å². The number of halogens is 1. The zero-order valence-electron chi connectivity index (χ0n) is 11.3. The fourth-order valence-electron chi connectivity index (χ4n) is 2.50. The molecule has 0 aliphatic carbocycles. The number of amidine groups is 1. The Hall–Kier alpha value is -1.26. The van der Waals surface area contributed by atoms with Gasteiger partial charge in [-0.2, -0.15) is 0 Å². The summed E-state index contributed by atoms with van der Waals surface area (Å²) in [6, 6.07) is 5.94. The van der Waals surface area contributed by atoms with Gasteiger partial charge in [-0.05, 0) is 25.5 Å². The number of nitrogens with two attached hydrogens (primary N) is 1. The van der Waals surface area contributed by atoms with E-state index in [9.17, 15) is 0 Å². The normalized spacial score (nSPS) is 23.4. The maximum Gasteiger partial charge on any atom is 0.126 e. The van der Waals surface area contributed by atoms with Crippen LogP contribution in [-0.4, -0.2) is 31.1 Å². The molecule has 5 heteroatoms. The molecule has 4 nitrogen and oxygen atoms in total. The van der Waals surface area contributed by atoms with E-state index < -0.39 is 0 Å². The number of ether oxygens (including phenoxy) is 1. The van der Waals surface area contributed by atoms with E-state index in [0.29, 0.717) is 23.2 Å². The molecule has 19 heavy (non-hydrogen) atoms. The molecule has 2 rings (SSSR count). The third-order valence-electron chi connectivity index (χ3n) is 3.51. The summed E-state index contributed by atoms with van der Waals surface area (Å²) in [5.74, 6) is 0.00889. The third-order valence-corrected chi connectivity index (χ3v) is 3.82. The van der Waals surface area contributed by atoms with Gasteiger partial charge in [-0.25, -0.2) is 0 Å². The lowest BCUT2D eigenvalue weighted by Gasteiger charge is -2.40. The number of anilines is 1. The lowest BCUT2D eigenvalue weighted by atomic mass is 10.1. The van der Waals surface area contributed by atoms with Crippen molar-refractivity contribution in [1.29, 1.82) is 5.41 Å². The number of hydrogen-bond acceptors (Lipinski definition) is 3. The molecule has 0 spiro atoms. The highest BCUT2D eigenvalue weighted by Gasteiger charge is 2.28. The smallest absolute Gasteiger partial charge is 0.126 e. The van der Waals surface area contributed by atoms with Crippen molar-refractivity contribution in [2.45, 2.75) is 32.4 Å². The van der Waals surface area contributed by atoms with Gasteiger partial charge >= 0.3 is 0 Å². The summed E-state index contributed by atoms with van der Waals surface area (Å²) in [5, 5.41) is 8.27. The van der Waals surface area contributed by atoms with Crippen molar-refractivity contribution in [3.63, 3.8) is 0 Å². The molecular weight excluding hydrogens is 262 g/mol. The highest BCUT2D eigenvalue weighted by atomic mass is 35.5. The Morgan fingerprint density at radius 2 is 2.32 bits per heavy atom. The van der Waals surface area contributed by atoms with E-state index in [1.807, 2.05) is 12.1 Å². The van der Waals surface area contributed by atoms with Crippen LogP contribution < -0.4 is 10.6 Å². The Bertz CT molecular complexity index is 478. The first-order valence-electron chi connectivity index (χ1n) is 6.55. The van der Waals surface area contributed by atoms with Gasteiger partial charge in [0.2, 0.25) is 0 Å². The number of nitrogen functional groups attached to an aromatic ring is 1. The van der Waals surface area contributed by atoms with Gasteiger partial charge in [-0.1, -0.05) is 24.6 Å². The molecule has 0 bridgehead atoms. The minimum Gasteiger partial charge on any atom is -0.384 e. The lowest BCUT2D eigenvalue weighted by Crippen LogP contribution is -2.49. The van der Waals surface area contributed by atoms with E-state index in [-0.39, 0.29) is 11.9 Å². The van der Waals surface area contributed by atoms with E-state index >= 15 is 0 Å². The second-order valence-corrected chi connectivity index (χ2v) is 5.31. The predicted molar refractivity (Wildman–Crippen MR) is 79.3 cm³/mol. The SMILES string of the molecule is CCC1COC(C)CN1c1cccc(Cl)c1C(=N)N. The van der Waals surface area contributed by atoms with Crippen molar-refractivity contribution in [3.8, 4) is 0 Å². The van der Waals surface area contributed by atoms with Gasteiger partial charge in [-0.3, -0.25) is 5.41 Å². The van der Waals surface area contributed by atoms with Gasteiger partial charge in [0.15, 0.2) is 0 Å². The molecule has 104 valence electrons. The highest BCUT2D eigenvalue weighted by Crippen LogP contribution is 2.31. The maximum absolute atomic E-state index is 7.74. The quantitative estimate of drug-likeness (QED) is 0.661. The fourth-order valence-corrected chi connectivity index (χ4v) is 2.77. The van der Waals surface area contributed by atoms with Crippen LogP contribution in [0.1, 0.15) is 25.8 Å². The van der Waals surface area contributed by atoms with Gasteiger partial charge < -0.3 is 15.4 Å². The molecule has 1 aliphatic rings. The lowest BCUT2D eigenvalue weighted by molar-refractivity contribution is 0.0299. The van der Waals surface area contributed by atoms with E-state index in [1.165, 1.54) is 0 Å². The van der Waals surface area contributed by atoms with Crippen LogP contribution in [0.3, 0.4) is 0 Å². The average molecular weight is 282 g/mol. The van der Waals surface area contributed by atoms with Gasteiger partial charge in [0.05, 0.1) is 29.3 Å². The summed E-state index contributed by atoms with van der Waals surface area (Å²) in [7, 11) is 0. The Kier molecular flexibility index (Phi) is 4.32. The van der Waals surface area contributed by atoms with Gasteiger partial charge in [-0.15, -0.1) is 0 Å². The zero-order valence-corrected chi connectivity index (χ0v) is 12.1. The molecule has 0 radical (unpaired) electrons. The monoisotopic (exact) mass is 281 g/mol. The summed E-state index contributed by atoms with van der Waals surface area (Å²) >= 11 is 6.19. The molecule has 1 aromatic rings. The van der Waals surface area contributed by atoms with Crippen molar-refractivity contribution < 1.29 is 4.74 Å². The number of nitrogens with one attached hydrogen (secondary N) is 1. The maximum atomic E-state index is 7.74. The minimum atomic E-state index is 0.00889. The minimum absolute atomic E-state index is 0.00889. The van der Waals surface area contributed by atoms with E-state index in [4.69, 9.17) is 27.5 Å². The van der Waals surface area contributed by atoms with Crippen molar-refractivity contribution in [1.82, 2.24) is 0 Å². The molecule has 1 heterocycles. The number of morpholine rings is 1. The van der Waals surface area contributed by atoms with Crippen LogP contribution in [0.2, 0.25) is 5.02 Å². The molecule has 2 unspecified atom stereocenters. The van der Waals surface area contributed by atoms with Crippen molar-refractivity contribution in [2.24, 2.45) is 5.73 Å². The summed E-state index contributed by atoms with van der Waals surface area (Å²) in [5.41, 5.74) is 7.24. The van der Waals surface area contributed by atoms with E-state index in [2.05, 4.69) is 18.7 Å². The van der Waals surface area contributed by atoms with Crippen molar-refractivity contribution in [2.75, 3.05) is 18.1 Å². The second kappa shape index (κ2) is 5.80. The summed E-state index contributed by atoms with van der Waals surface area (Å²) < 4.78 is 5.70. The summed E-state index contributed by atoms with van der Waals surface area (Å²) in [4.78, 5) is 2.26. The van der Waals surface area contributed by atoms with Gasteiger partial charge in [0, 0.05) is 12.2 Å². The Morgan fingerprint density at radius 3 is 2.95 bits per heavy atom. The van der Waals surface area contributed by atoms with E-state index in [0.717, 1.165) is 18.7 Å². The topological polar surface area (TPSA) is 62.3 Å². The number of rotatable bonds is 3. The first kappa shape index (κ1) is 14.2. The number of nitrogens with zero attached hydrogens (tertiary/aromatic N) is 1. The van der Waals surface area contributed by atoms with Crippen LogP contribution >= 0.6 is 11.6 Å². The summed E-state index contributed by atoms with van der Waals surface area (Å²) in [6.45, 7) is 5.67. The largest absolute Gasteiger partial charge is 0.384 e. The van der Waals surface area contributed by atoms with Crippen molar-refractivity contribution >= 4 is 23.1 Å². The molecule has 1 saturated heterocycles. The van der Waals surface area contributed by atoms with Gasteiger partial charge in [0.1, 0.15) is 5.84 Å². The van der Waals surface area contributed by atoms with Gasteiger partial charge in [0.25, 0.3) is 0 Å². The molecule has 1 aromatic carbocycles. The average Bonchev–Trinajstić information content (AvgIpc) is 2.37. The van der Waals surface area contributed by atoms with E-state index in [1.54, 1.807) is 6.07 Å². The Labute approximate surface area is 119 Å². The number of hydrogen-bond donors (Lipinski definition) is 2. The zero-order chi connectivity index (χ0) is 14.0. The standard InChI is InChI=1S/C14H20ClN3O/c1-3-10-8-19-9(2)7-18(10)12-6-4-5-11(15)13(12)14(16)17/h4-6,9-10H,3,7-8H2,1-2H3,(H3,16,17). The van der Waals surface area contributed by atoms with Crippen LogP contribution in [0.4, 0.5) is 5.69 Å². The molecular formula is C14H20ClN3O. The molecule has 0 aromatic heterocycles. The first-order valence-corrected chi connectivity index (χ1v) is 6.93.